The van der Waals surface area contributed by atoms with Crippen molar-refractivity contribution in [1.82, 2.24) is 0 Å². The molecule has 1 saturated heterocycles. The molecule has 2 aliphatic rings. The second-order valence-corrected chi connectivity index (χ2v) is 10.9. The Balaban J connectivity index is 1.22. The molecule has 0 bridgehead atoms. The van der Waals surface area contributed by atoms with Gasteiger partial charge in [0, 0.05) is 16.9 Å². The van der Waals surface area contributed by atoms with E-state index in [1.54, 1.807) is 11.8 Å². The molecule has 2 amide bonds. The molecule has 186 valence electrons. The molecule has 0 saturated carbocycles. The van der Waals surface area contributed by atoms with Crippen molar-refractivity contribution in [3.8, 4) is 0 Å². The van der Waals surface area contributed by atoms with E-state index in [0.29, 0.717) is 11.3 Å². The SMILES string of the molecule is CCCCCCc1ccc(C(=O)Nc2ccc(C3SCC(=O)N3c3ccc4c(c3)CCC4)cc2)cc1. The van der Waals surface area contributed by atoms with Crippen LogP contribution in [0.2, 0.25) is 0 Å². The molecule has 1 aliphatic carbocycles. The Hall–Kier alpha value is -3.05. The van der Waals surface area contributed by atoms with E-state index in [2.05, 4.69) is 42.6 Å². The third-order valence-electron chi connectivity index (χ3n) is 7.22. The summed E-state index contributed by atoms with van der Waals surface area (Å²) in [6.07, 6.45) is 9.46. The van der Waals surface area contributed by atoms with Gasteiger partial charge in [0.05, 0.1) is 5.75 Å². The average molecular weight is 499 g/mol. The molecular formula is C31H34N2O2S. The molecule has 1 N–H and O–H groups in total. The van der Waals surface area contributed by atoms with Crippen LogP contribution in [0, 0.1) is 0 Å². The van der Waals surface area contributed by atoms with Gasteiger partial charge in [-0.25, -0.2) is 0 Å². The van der Waals surface area contributed by atoms with Crippen LogP contribution in [0.5, 0.6) is 0 Å². The van der Waals surface area contributed by atoms with E-state index in [1.165, 1.54) is 48.8 Å². The number of carbonyl (C=O) groups is 2. The molecule has 3 aromatic carbocycles. The van der Waals surface area contributed by atoms with Crippen molar-refractivity contribution in [2.75, 3.05) is 16.0 Å². The summed E-state index contributed by atoms with van der Waals surface area (Å²) in [6, 6.07) is 22.3. The zero-order valence-corrected chi connectivity index (χ0v) is 21.8. The summed E-state index contributed by atoms with van der Waals surface area (Å²) in [5, 5.41) is 2.96. The molecule has 3 aromatic rings. The third kappa shape index (κ3) is 5.52. The Labute approximate surface area is 218 Å². The van der Waals surface area contributed by atoms with Crippen molar-refractivity contribution < 1.29 is 9.59 Å². The van der Waals surface area contributed by atoms with Gasteiger partial charge in [-0.2, -0.15) is 0 Å². The van der Waals surface area contributed by atoms with E-state index >= 15 is 0 Å². The summed E-state index contributed by atoms with van der Waals surface area (Å²) in [5.41, 5.74) is 7.54. The first-order valence-corrected chi connectivity index (χ1v) is 14.2. The lowest BCUT2D eigenvalue weighted by molar-refractivity contribution is -0.115. The van der Waals surface area contributed by atoms with Crippen LogP contribution in [-0.2, 0) is 24.1 Å². The monoisotopic (exact) mass is 498 g/mol. The number of thioether (sulfide) groups is 1. The van der Waals surface area contributed by atoms with Crippen LogP contribution >= 0.6 is 11.8 Å². The number of amides is 2. The average Bonchev–Trinajstić information content (AvgIpc) is 3.53. The molecule has 1 fully saturated rings. The van der Waals surface area contributed by atoms with Crippen molar-refractivity contribution in [1.29, 1.82) is 0 Å². The van der Waals surface area contributed by atoms with Gasteiger partial charge in [-0.1, -0.05) is 56.5 Å². The normalized spacial score (nSPS) is 16.9. The topological polar surface area (TPSA) is 49.4 Å². The molecule has 0 spiro atoms. The number of anilines is 2. The maximum atomic E-state index is 12.8. The van der Waals surface area contributed by atoms with Gasteiger partial charge in [-0.3, -0.25) is 14.5 Å². The summed E-state index contributed by atoms with van der Waals surface area (Å²) in [4.78, 5) is 27.5. The van der Waals surface area contributed by atoms with Crippen molar-refractivity contribution in [3.05, 3.63) is 94.5 Å². The molecule has 36 heavy (non-hydrogen) atoms. The highest BCUT2D eigenvalue weighted by Gasteiger charge is 2.34. The van der Waals surface area contributed by atoms with Gasteiger partial charge in [0.25, 0.3) is 5.91 Å². The highest BCUT2D eigenvalue weighted by Crippen LogP contribution is 2.43. The summed E-state index contributed by atoms with van der Waals surface area (Å²) in [6.45, 7) is 2.22. The van der Waals surface area contributed by atoms with Crippen LogP contribution in [0.25, 0.3) is 0 Å². The fourth-order valence-electron chi connectivity index (χ4n) is 5.17. The van der Waals surface area contributed by atoms with Crippen LogP contribution < -0.4 is 10.2 Å². The second kappa shape index (κ2) is 11.3. The number of carbonyl (C=O) groups excluding carboxylic acids is 2. The number of nitrogens with one attached hydrogen (secondary N) is 1. The quantitative estimate of drug-likeness (QED) is 0.314. The maximum absolute atomic E-state index is 12.8. The summed E-state index contributed by atoms with van der Waals surface area (Å²) in [7, 11) is 0. The molecule has 5 heteroatoms. The first-order chi connectivity index (χ1) is 17.6. The lowest BCUT2D eigenvalue weighted by atomic mass is 10.0. The van der Waals surface area contributed by atoms with Gasteiger partial charge in [0.2, 0.25) is 5.91 Å². The Morgan fingerprint density at radius 1 is 0.944 bits per heavy atom. The van der Waals surface area contributed by atoms with E-state index in [4.69, 9.17) is 0 Å². The van der Waals surface area contributed by atoms with Crippen molar-refractivity contribution in [2.45, 2.75) is 63.7 Å². The molecular weight excluding hydrogens is 464 g/mol. The van der Waals surface area contributed by atoms with Crippen LogP contribution in [0.1, 0.15) is 77.0 Å². The van der Waals surface area contributed by atoms with Gasteiger partial charge in [-0.15, -0.1) is 11.8 Å². The number of rotatable bonds is 9. The van der Waals surface area contributed by atoms with Gasteiger partial charge >= 0.3 is 0 Å². The fourth-order valence-corrected chi connectivity index (χ4v) is 6.35. The number of fused-ring (bicyclic) bond motifs is 1. The molecule has 5 rings (SSSR count). The zero-order chi connectivity index (χ0) is 24.9. The van der Waals surface area contributed by atoms with Crippen molar-refractivity contribution in [3.63, 3.8) is 0 Å². The first kappa shape index (κ1) is 24.6. The van der Waals surface area contributed by atoms with Gasteiger partial charge in [0.1, 0.15) is 5.37 Å². The van der Waals surface area contributed by atoms with Gasteiger partial charge < -0.3 is 5.32 Å². The lowest BCUT2D eigenvalue weighted by Crippen LogP contribution is -2.27. The number of unbranched alkanes of at least 4 members (excludes halogenated alkanes) is 3. The Kier molecular flexibility index (Phi) is 7.76. The zero-order valence-electron chi connectivity index (χ0n) is 21.0. The largest absolute Gasteiger partial charge is 0.322 e. The van der Waals surface area contributed by atoms with Crippen molar-refractivity contribution in [2.24, 2.45) is 0 Å². The standard InChI is InChI=1S/C31H34N2O2S/c1-2-3-4-5-7-22-10-12-24(13-11-22)30(35)32-27-17-14-25(15-18-27)31-33(29(34)21-36-31)28-19-16-23-8-6-9-26(23)20-28/h10-20,31H,2-9,21H2,1H3,(H,32,35). The predicted molar refractivity (Wildman–Crippen MR) is 150 cm³/mol. The second-order valence-electron chi connectivity index (χ2n) is 9.82. The van der Waals surface area contributed by atoms with E-state index in [-0.39, 0.29) is 17.2 Å². The fraction of sp³-hybridized carbons (Fsp3) is 0.355. The molecule has 0 radical (unpaired) electrons. The Bertz CT molecular complexity index is 1220. The minimum Gasteiger partial charge on any atom is -0.322 e. The predicted octanol–water partition coefficient (Wildman–Crippen LogP) is 7.33. The van der Waals surface area contributed by atoms with Crippen LogP contribution in [0.3, 0.4) is 0 Å². The van der Waals surface area contributed by atoms with Crippen LogP contribution in [0.4, 0.5) is 11.4 Å². The minimum absolute atomic E-state index is 0.0495. The Morgan fingerprint density at radius 3 is 2.50 bits per heavy atom. The number of hydrogen-bond acceptors (Lipinski definition) is 3. The lowest BCUT2D eigenvalue weighted by Gasteiger charge is -2.25. The number of nitrogens with zero attached hydrogens (tertiary/aromatic N) is 1. The molecule has 1 heterocycles. The van der Waals surface area contributed by atoms with Gasteiger partial charge in [-0.05, 0) is 90.8 Å². The molecule has 0 aromatic heterocycles. The summed E-state index contributed by atoms with van der Waals surface area (Å²) < 4.78 is 0. The number of aryl methyl sites for hydroxylation is 3. The number of benzene rings is 3. The smallest absolute Gasteiger partial charge is 0.255 e. The highest BCUT2D eigenvalue weighted by atomic mass is 32.2. The van der Waals surface area contributed by atoms with Crippen LogP contribution in [0.15, 0.2) is 66.7 Å². The third-order valence-corrected chi connectivity index (χ3v) is 8.43. The van der Waals surface area contributed by atoms with E-state index in [1.807, 2.05) is 41.3 Å². The summed E-state index contributed by atoms with van der Waals surface area (Å²) >= 11 is 1.65. The summed E-state index contributed by atoms with van der Waals surface area (Å²) in [5.74, 6) is 0.522. The highest BCUT2D eigenvalue weighted by molar-refractivity contribution is 8.00. The van der Waals surface area contributed by atoms with Crippen molar-refractivity contribution >= 4 is 35.0 Å². The minimum atomic E-state index is -0.106. The van der Waals surface area contributed by atoms with Crippen LogP contribution in [-0.4, -0.2) is 17.6 Å². The Morgan fingerprint density at radius 2 is 1.72 bits per heavy atom. The maximum Gasteiger partial charge on any atom is 0.255 e. The molecule has 1 unspecified atom stereocenters. The van der Waals surface area contributed by atoms with Gasteiger partial charge in [0.15, 0.2) is 0 Å². The molecule has 1 aliphatic heterocycles. The van der Waals surface area contributed by atoms with E-state index in [0.717, 1.165) is 36.2 Å². The van der Waals surface area contributed by atoms with E-state index < -0.39 is 0 Å². The number of hydrogen-bond donors (Lipinski definition) is 1. The molecule has 4 nitrogen and oxygen atoms in total. The first-order valence-electron chi connectivity index (χ1n) is 13.2. The molecule has 1 atom stereocenters. The van der Waals surface area contributed by atoms with E-state index in [9.17, 15) is 9.59 Å².